The van der Waals surface area contributed by atoms with Crippen molar-refractivity contribution in [2.24, 2.45) is 0 Å². The number of ether oxygens (including phenoxy) is 1. The van der Waals surface area contributed by atoms with Crippen LogP contribution in [0.4, 0.5) is 29.1 Å². The van der Waals surface area contributed by atoms with Crippen molar-refractivity contribution in [3.63, 3.8) is 0 Å². The van der Waals surface area contributed by atoms with E-state index in [4.69, 9.17) is 37.1 Å². The first-order valence-electron chi connectivity index (χ1n) is 15.9. The van der Waals surface area contributed by atoms with Gasteiger partial charge in [-0.25, -0.2) is 14.4 Å². The fourth-order valence-corrected chi connectivity index (χ4v) is 7.76. The zero-order chi connectivity index (χ0) is 34.5. The van der Waals surface area contributed by atoms with Gasteiger partial charge in [0.15, 0.2) is 11.5 Å². The smallest absolute Gasteiger partial charge is 0.400 e. The molecule has 1 amide bonds. The van der Waals surface area contributed by atoms with E-state index in [-0.39, 0.29) is 53.9 Å². The maximum atomic E-state index is 14.9. The molecule has 3 atom stereocenters. The van der Waals surface area contributed by atoms with Crippen molar-refractivity contribution in [2.75, 3.05) is 51.5 Å². The summed E-state index contributed by atoms with van der Waals surface area (Å²) in [6, 6.07) is 3.53. The normalized spacial score (nSPS) is 23.9. The van der Waals surface area contributed by atoms with Crippen LogP contribution in [-0.4, -0.2) is 87.6 Å². The molecule has 16 heteroatoms. The second-order valence-corrected chi connectivity index (χ2v) is 13.2. The fourth-order valence-electron chi connectivity index (χ4n) is 7.49. The van der Waals surface area contributed by atoms with Gasteiger partial charge in [0.05, 0.1) is 46.8 Å². The van der Waals surface area contributed by atoms with Crippen LogP contribution < -0.4 is 10.6 Å². The molecule has 4 aliphatic rings. The van der Waals surface area contributed by atoms with Crippen LogP contribution in [0.15, 0.2) is 18.2 Å². The van der Waals surface area contributed by atoms with Crippen LogP contribution in [0.2, 0.25) is 5.02 Å². The molecule has 11 nitrogen and oxygen atoms in total. The first kappa shape index (κ1) is 34.3. The highest BCUT2D eigenvalue weighted by Gasteiger charge is 2.52. The Morgan fingerprint density at radius 3 is 2.67 bits per heavy atom. The van der Waals surface area contributed by atoms with Gasteiger partial charge in [-0.15, -0.1) is 0 Å². The minimum atomic E-state index is -4.60. The summed E-state index contributed by atoms with van der Waals surface area (Å²) in [6.45, 7) is 2.37. The molecule has 2 aromatic heterocycles. The number of carbonyl (C=O) groups excluding carboxylic acids is 1. The van der Waals surface area contributed by atoms with Crippen molar-refractivity contribution in [1.29, 1.82) is 0 Å². The van der Waals surface area contributed by atoms with Crippen LogP contribution in [0.5, 0.6) is 0 Å². The summed E-state index contributed by atoms with van der Waals surface area (Å²) in [5.74, 6) is 0.757. The van der Waals surface area contributed by atoms with Crippen molar-refractivity contribution < 1.29 is 32.2 Å². The molecule has 0 saturated carbocycles. The number of amides is 1. The summed E-state index contributed by atoms with van der Waals surface area (Å²) >= 11 is 6.76. The first-order valence-corrected chi connectivity index (χ1v) is 16.3. The molecule has 260 valence electrons. The van der Waals surface area contributed by atoms with Crippen LogP contribution in [0, 0.1) is 0 Å². The van der Waals surface area contributed by atoms with Crippen molar-refractivity contribution >= 4 is 29.0 Å². The molecule has 3 N–H and O–H groups in total. The van der Waals surface area contributed by atoms with Crippen molar-refractivity contribution in [3.8, 4) is 0 Å². The molecule has 0 spiro atoms. The van der Waals surface area contributed by atoms with E-state index in [2.05, 4.69) is 10.00 Å². The Labute approximate surface area is 280 Å². The average molecular weight is 695 g/mol. The number of aromatic nitrogens is 4. The molecule has 7 rings (SSSR count). The molecule has 6 heterocycles. The molecule has 48 heavy (non-hydrogen) atoms. The lowest BCUT2D eigenvalue weighted by atomic mass is 9.91. The van der Waals surface area contributed by atoms with Crippen molar-refractivity contribution in [3.05, 3.63) is 62.8 Å². The minimum absolute atomic E-state index is 0.0297. The molecule has 2 fully saturated rings. The zero-order valence-corrected chi connectivity index (χ0v) is 27.8. The number of nitrogens with two attached hydrogens (primary N) is 1. The van der Waals surface area contributed by atoms with Gasteiger partial charge in [0.1, 0.15) is 12.0 Å². The number of aliphatic hydroxyl groups is 1. The fraction of sp³-hybridized carbons (Fsp3) is 0.562. The summed E-state index contributed by atoms with van der Waals surface area (Å²) in [7, 11) is 4.27. The summed E-state index contributed by atoms with van der Waals surface area (Å²) < 4.78 is 65.0. The topological polar surface area (TPSA) is 126 Å². The predicted octanol–water partition coefficient (Wildman–Crippen LogP) is 4.50. The average Bonchev–Trinajstić information content (AvgIpc) is 3.63. The maximum Gasteiger partial charge on any atom is 0.416 e. The van der Waals surface area contributed by atoms with Gasteiger partial charge in [-0.05, 0) is 49.6 Å². The molecule has 0 aliphatic carbocycles. The Balaban J connectivity index is 0.00000197. The quantitative estimate of drug-likeness (QED) is 0.300. The number of carbonyl (C=O) groups is 1. The van der Waals surface area contributed by atoms with Crippen molar-refractivity contribution in [2.45, 2.75) is 75.8 Å². The number of anilines is 2. The Bertz CT molecular complexity index is 1700. The van der Waals surface area contributed by atoms with Gasteiger partial charge in [-0.1, -0.05) is 11.6 Å². The third kappa shape index (κ3) is 5.98. The van der Waals surface area contributed by atoms with Gasteiger partial charge < -0.3 is 25.4 Å². The van der Waals surface area contributed by atoms with E-state index < -0.39 is 29.6 Å². The van der Waals surface area contributed by atoms with E-state index in [0.717, 1.165) is 26.1 Å². The number of aryl methyl sites for hydroxylation is 1. The molecular weight excluding hydrogens is 656 g/mol. The third-order valence-electron chi connectivity index (χ3n) is 9.66. The highest BCUT2D eigenvalue weighted by atomic mass is 35.5. The number of rotatable bonds is 4. The second kappa shape index (κ2) is 13.1. The van der Waals surface area contributed by atoms with E-state index in [1.807, 2.05) is 4.90 Å². The standard InChI is InChI=1S/C31H35ClF4N8O2.CH4O/c1-41(2)28(45)26-25(32)23-15-42(8-4-10-44(23)40-26)27-20-16-46-24(19-11-18(37)5-6-21(19)31(34,35)36)12-22(20)38-29(39-27)30-7-3-9-43(30)14-17(33)13-30;1-2/h5-6,11,17,24H,3-4,7-10,12-16,37H2,1-2H3;2H,1H3. The number of nitrogen functional groups attached to an aromatic ring is 1. The molecule has 2 saturated heterocycles. The summed E-state index contributed by atoms with van der Waals surface area (Å²) in [6.07, 6.45) is -4.03. The number of nitrogens with zero attached hydrogens (tertiary/aromatic N) is 7. The van der Waals surface area contributed by atoms with E-state index >= 15 is 0 Å². The highest BCUT2D eigenvalue weighted by molar-refractivity contribution is 6.34. The number of alkyl halides is 4. The number of halogens is 5. The molecule has 1 aromatic carbocycles. The molecule has 0 bridgehead atoms. The van der Waals surface area contributed by atoms with Gasteiger partial charge in [-0.2, -0.15) is 18.3 Å². The maximum absolute atomic E-state index is 14.9. The minimum Gasteiger partial charge on any atom is -0.400 e. The zero-order valence-electron chi connectivity index (χ0n) is 27.0. The van der Waals surface area contributed by atoms with Crippen molar-refractivity contribution in [1.82, 2.24) is 29.5 Å². The Hall–Kier alpha value is -3.53. The van der Waals surface area contributed by atoms with Crippen LogP contribution in [0.25, 0.3) is 0 Å². The van der Waals surface area contributed by atoms with E-state index in [0.29, 0.717) is 61.1 Å². The predicted molar refractivity (Wildman–Crippen MR) is 170 cm³/mol. The van der Waals surface area contributed by atoms with Crippen LogP contribution in [0.3, 0.4) is 0 Å². The number of hydrogen-bond donors (Lipinski definition) is 2. The lowest BCUT2D eigenvalue weighted by Crippen LogP contribution is -2.39. The summed E-state index contributed by atoms with van der Waals surface area (Å²) in [5, 5.41) is 11.8. The first-order chi connectivity index (χ1) is 22.9. The molecule has 0 radical (unpaired) electrons. The number of fused-ring (bicyclic) bond motifs is 3. The van der Waals surface area contributed by atoms with E-state index in [1.165, 1.54) is 17.0 Å². The van der Waals surface area contributed by atoms with Gasteiger partial charge in [0.2, 0.25) is 0 Å². The largest absolute Gasteiger partial charge is 0.416 e. The van der Waals surface area contributed by atoms with Gasteiger partial charge in [0.25, 0.3) is 5.91 Å². The second-order valence-electron chi connectivity index (χ2n) is 12.8. The van der Waals surface area contributed by atoms with Crippen LogP contribution in [0.1, 0.15) is 76.2 Å². The third-order valence-corrected chi connectivity index (χ3v) is 10.1. The molecule has 4 aliphatic heterocycles. The lowest BCUT2D eigenvalue weighted by Gasteiger charge is -2.35. The number of benzene rings is 1. The monoisotopic (exact) mass is 694 g/mol. The SMILES string of the molecule is CN(C)C(=O)c1nn2c(c1Cl)CN(c1nc(C34CCCN3CC(F)C4)nc3c1COC(c1cc(N)ccc1C(F)(F)F)C3)CCC2.CO. The van der Waals surface area contributed by atoms with Gasteiger partial charge in [-0.3, -0.25) is 14.4 Å². The molecular formula is C32H39ClF4N8O3. The van der Waals surface area contributed by atoms with Crippen LogP contribution >= 0.6 is 11.6 Å². The Morgan fingerprint density at radius 1 is 1.17 bits per heavy atom. The Kier molecular flexibility index (Phi) is 9.35. The van der Waals surface area contributed by atoms with E-state index in [1.54, 1.807) is 18.8 Å². The number of aliphatic hydroxyl groups excluding tert-OH is 1. The van der Waals surface area contributed by atoms with Gasteiger partial charge in [0, 0.05) is 64.9 Å². The number of hydrogen-bond acceptors (Lipinski definition) is 9. The lowest BCUT2D eigenvalue weighted by molar-refractivity contribution is -0.139. The van der Waals surface area contributed by atoms with Crippen LogP contribution in [-0.2, 0) is 42.6 Å². The van der Waals surface area contributed by atoms with Gasteiger partial charge >= 0.3 is 6.18 Å². The Morgan fingerprint density at radius 2 is 1.94 bits per heavy atom. The highest BCUT2D eigenvalue weighted by Crippen LogP contribution is 2.48. The molecule has 3 aromatic rings. The molecule has 3 unspecified atom stereocenters. The summed E-state index contributed by atoms with van der Waals surface area (Å²) in [5.41, 5.74) is 6.66. The van der Waals surface area contributed by atoms with E-state index in [9.17, 15) is 22.4 Å². The summed E-state index contributed by atoms with van der Waals surface area (Å²) in [4.78, 5) is 28.5.